The van der Waals surface area contributed by atoms with Crippen LogP contribution in [-0.4, -0.2) is 15.8 Å². The van der Waals surface area contributed by atoms with Crippen molar-refractivity contribution >= 4 is 164 Å². The zero-order valence-electron chi connectivity index (χ0n) is 67.3. The third-order valence-electron chi connectivity index (χ3n) is 23.2. The number of anilines is 6. The molecule has 6 heterocycles. The van der Waals surface area contributed by atoms with Crippen molar-refractivity contribution in [2.24, 2.45) is 0 Å². The monoisotopic (exact) mass is 1440 g/mol. The van der Waals surface area contributed by atoms with Crippen LogP contribution >= 0.6 is 22.7 Å². The van der Waals surface area contributed by atoms with Crippen molar-refractivity contribution in [1.82, 2.24) is 9.13 Å². The molecule has 2 aliphatic heterocycles. The molecule has 0 unspecified atom stereocenters. The van der Waals surface area contributed by atoms with Crippen LogP contribution in [-0.2, 0) is 16.2 Å². The molecule has 0 aliphatic carbocycles. The smallest absolute Gasteiger partial charge is 0.252 e. The minimum Gasteiger partial charge on any atom is -0.309 e. The number of para-hydroxylation sites is 6. The van der Waals surface area contributed by atoms with E-state index in [0.717, 1.165) is 144 Å². The predicted octanol–water partition coefficient (Wildman–Crippen LogP) is 27.3. The van der Waals surface area contributed by atoms with E-state index in [1.54, 1.807) is 0 Å². The molecule has 15 aromatic carbocycles. The first-order valence-corrected chi connectivity index (χ1v) is 39.5. The van der Waals surface area contributed by atoms with Gasteiger partial charge < -0.3 is 18.9 Å². The maximum absolute atomic E-state index is 9.80. The molecule has 4 nitrogen and oxygen atoms in total. The van der Waals surface area contributed by atoms with Crippen molar-refractivity contribution in [3.63, 3.8) is 0 Å². The van der Waals surface area contributed by atoms with Gasteiger partial charge in [0.2, 0.25) is 0 Å². The summed E-state index contributed by atoms with van der Waals surface area (Å²) in [6.07, 6.45) is 0. The maximum atomic E-state index is 9.80. The zero-order chi connectivity index (χ0) is 77.9. The molecule has 522 valence electrons. The molecule has 2 aliphatic rings. The fourth-order valence-electron chi connectivity index (χ4n) is 17.9. The molecule has 0 saturated carbocycles. The molecule has 21 rings (SSSR count). The highest BCUT2D eigenvalue weighted by atomic mass is 32.1. The SMILES string of the molecule is [2H]c1c([2H])c([2H])c(-c2ccc3c(c2)B2c4ccc(-c5cc(C(C)(C)C)cc(C(C)(C)C)c5)cc4N(c4c(-c5ccc6sc7ccccc7c6c5)cccc4-n4c5ccccc5c5ccccc54)c4cc(C(C)(C)C)cc(c42)N3c2c(-c3cccc4c3sc3ccccc34)cccc2-n2c3ccccc3c3ccccc32)c([2H])c1[2H]. The van der Waals surface area contributed by atoms with Crippen molar-refractivity contribution in [3.05, 3.63) is 332 Å². The van der Waals surface area contributed by atoms with Gasteiger partial charge in [0.15, 0.2) is 0 Å². The summed E-state index contributed by atoms with van der Waals surface area (Å²) in [5.41, 5.74) is 25.1. The van der Waals surface area contributed by atoms with Gasteiger partial charge in [0.1, 0.15) is 0 Å². The molecule has 4 aromatic heterocycles. The van der Waals surface area contributed by atoms with Gasteiger partial charge in [-0.2, -0.15) is 0 Å². The van der Waals surface area contributed by atoms with E-state index in [0.29, 0.717) is 5.56 Å². The summed E-state index contributed by atoms with van der Waals surface area (Å²) >= 11 is 3.66. The van der Waals surface area contributed by atoms with E-state index in [2.05, 4.69) is 360 Å². The number of thiophene rings is 2. The molecule has 0 N–H and O–H groups in total. The van der Waals surface area contributed by atoms with Crippen LogP contribution in [0, 0.1) is 0 Å². The molecule has 19 aromatic rings. The van der Waals surface area contributed by atoms with Gasteiger partial charge in [0.25, 0.3) is 6.71 Å². The Kier molecular flexibility index (Phi) is 13.4. The van der Waals surface area contributed by atoms with Crippen LogP contribution < -0.4 is 26.2 Å². The highest BCUT2D eigenvalue weighted by molar-refractivity contribution is 7.26. The molecule has 0 bridgehead atoms. The van der Waals surface area contributed by atoms with Crippen molar-refractivity contribution in [1.29, 1.82) is 0 Å². The van der Waals surface area contributed by atoms with Gasteiger partial charge >= 0.3 is 0 Å². The van der Waals surface area contributed by atoms with Gasteiger partial charge in [-0.25, -0.2) is 0 Å². The first-order chi connectivity index (χ1) is 55.0. The van der Waals surface area contributed by atoms with Gasteiger partial charge in [0, 0.05) is 101 Å². The molecular weight excluding hydrogens is 1360 g/mol. The highest BCUT2D eigenvalue weighted by Crippen LogP contribution is 2.56. The summed E-state index contributed by atoms with van der Waals surface area (Å²) in [4.78, 5) is 5.23. The number of aromatic nitrogens is 2. The number of rotatable bonds is 8. The Morgan fingerprint density at radius 2 is 0.734 bits per heavy atom. The first-order valence-electron chi connectivity index (χ1n) is 40.4. The summed E-state index contributed by atoms with van der Waals surface area (Å²) in [7, 11) is 0. The maximum Gasteiger partial charge on any atom is 0.252 e. The first kappa shape index (κ1) is 60.1. The Labute approximate surface area is 651 Å². The Balaban J connectivity index is 0.963. The van der Waals surface area contributed by atoms with Gasteiger partial charge in [-0.05, 0) is 162 Å². The third kappa shape index (κ3) is 10.2. The Hall–Kier alpha value is -12.0. The normalized spacial score (nSPS) is 13.8. The molecule has 109 heavy (non-hydrogen) atoms. The molecular formula is C102H79BN4S2. The average molecular weight is 1440 g/mol. The van der Waals surface area contributed by atoms with Crippen molar-refractivity contribution in [2.45, 2.75) is 78.6 Å². The van der Waals surface area contributed by atoms with Crippen LogP contribution in [0.25, 0.3) is 140 Å². The van der Waals surface area contributed by atoms with Gasteiger partial charge in [-0.15, -0.1) is 22.7 Å². The molecule has 0 amide bonds. The molecule has 0 fully saturated rings. The summed E-state index contributed by atoms with van der Waals surface area (Å²) in [5, 5.41) is 9.41. The fraction of sp³-hybridized carbons (Fsp3) is 0.118. The Morgan fingerprint density at radius 1 is 0.284 bits per heavy atom. The lowest BCUT2D eigenvalue weighted by Gasteiger charge is -2.46. The predicted molar refractivity (Wildman–Crippen MR) is 473 cm³/mol. The van der Waals surface area contributed by atoms with Crippen LogP contribution in [0.5, 0.6) is 0 Å². The van der Waals surface area contributed by atoms with Crippen LogP contribution in [0.15, 0.2) is 315 Å². The van der Waals surface area contributed by atoms with E-state index in [-0.39, 0.29) is 40.6 Å². The second-order valence-corrected chi connectivity index (χ2v) is 34.9. The molecule has 0 saturated heterocycles. The lowest BCUT2D eigenvalue weighted by Crippen LogP contribution is -2.61. The van der Waals surface area contributed by atoms with Gasteiger partial charge in [0.05, 0.1) is 51.7 Å². The Morgan fingerprint density at radius 3 is 1.32 bits per heavy atom. The molecule has 0 spiro atoms. The van der Waals surface area contributed by atoms with E-state index < -0.39 is 18.2 Å². The quantitative estimate of drug-likeness (QED) is 0.141. The zero-order valence-corrected chi connectivity index (χ0v) is 64.0. The lowest BCUT2D eigenvalue weighted by atomic mass is 9.33. The summed E-state index contributed by atoms with van der Waals surface area (Å²) in [6, 6.07) is 105. The topological polar surface area (TPSA) is 16.3 Å². The number of fused-ring (bicyclic) bond motifs is 16. The molecule has 7 heteroatoms. The van der Waals surface area contributed by atoms with E-state index in [1.807, 2.05) is 28.7 Å². The second kappa shape index (κ2) is 24.3. The van der Waals surface area contributed by atoms with E-state index in [1.165, 1.54) is 51.5 Å². The number of benzene rings is 15. The number of hydrogen-bond acceptors (Lipinski definition) is 4. The van der Waals surface area contributed by atoms with Crippen molar-refractivity contribution in [2.75, 3.05) is 9.80 Å². The van der Waals surface area contributed by atoms with Gasteiger partial charge in [-0.1, -0.05) is 293 Å². The van der Waals surface area contributed by atoms with Gasteiger partial charge in [-0.3, -0.25) is 0 Å². The fourth-order valence-corrected chi connectivity index (χ4v) is 20.2. The highest BCUT2D eigenvalue weighted by Gasteiger charge is 2.47. The second-order valence-electron chi connectivity index (χ2n) is 32.8. The van der Waals surface area contributed by atoms with Crippen LogP contribution in [0.2, 0.25) is 0 Å². The third-order valence-corrected chi connectivity index (χ3v) is 25.6. The minimum atomic E-state index is -0.529. The van der Waals surface area contributed by atoms with E-state index >= 15 is 0 Å². The van der Waals surface area contributed by atoms with Crippen LogP contribution in [0.1, 0.15) is 85.9 Å². The Bertz CT molecular complexity index is 7190. The van der Waals surface area contributed by atoms with E-state index in [4.69, 9.17) is 1.37 Å². The van der Waals surface area contributed by atoms with Crippen LogP contribution in [0.3, 0.4) is 0 Å². The standard InChI is InChI=1S/C102H79BN4S2/c1-100(2,3)67-54-66(55-68(59-67)101(4,5)6)64-48-51-81-90(58-64)107(97-70(65-50-53-95-80(56-65)76-35-18-23-46-93(76)108-95)36-26-44-88(97)104-83-40-19-13-30-71(83)72-31-14-20-41-84(72)104)92-61-69(102(7,8)9)60-91-96(92)103(81)82-57-63(62-28-11-10-12-29-62)49-52-87(82)106(91)98-77(79-39-25-38-78-75-34-17-24-47-94(75)109-99(78)79)37-27-45-89(98)105-85-42-21-15-32-73(85)74-33-16-22-43-86(74)105/h10-61H,1-9H3/i10D,11D,12D,28D,29D. The van der Waals surface area contributed by atoms with E-state index in [9.17, 15) is 5.48 Å². The van der Waals surface area contributed by atoms with Crippen molar-refractivity contribution < 1.29 is 6.85 Å². The van der Waals surface area contributed by atoms with Crippen molar-refractivity contribution in [3.8, 4) is 55.9 Å². The lowest BCUT2D eigenvalue weighted by molar-refractivity contribution is 0.569. The minimum absolute atomic E-state index is 0.147. The van der Waals surface area contributed by atoms with Crippen LogP contribution in [0.4, 0.5) is 34.1 Å². The summed E-state index contributed by atoms with van der Waals surface area (Å²) < 4.78 is 56.9. The largest absolute Gasteiger partial charge is 0.309 e. The summed E-state index contributed by atoms with van der Waals surface area (Å²) in [6.45, 7) is 20.4. The molecule has 0 atom stereocenters. The number of hydrogen-bond donors (Lipinski definition) is 0. The molecule has 0 radical (unpaired) electrons. The number of nitrogens with zero attached hydrogens (tertiary/aromatic N) is 4. The average Bonchev–Trinajstić information content (AvgIpc) is 0.721. The summed E-state index contributed by atoms with van der Waals surface area (Å²) in [5.74, 6) is 0.